The lowest BCUT2D eigenvalue weighted by Gasteiger charge is -2.38. The minimum atomic E-state index is -1.18. The molecule has 3 aromatic rings. The van der Waals surface area contributed by atoms with Crippen LogP contribution in [0.5, 0.6) is 0 Å². The van der Waals surface area contributed by atoms with E-state index >= 15 is 0 Å². The van der Waals surface area contributed by atoms with Gasteiger partial charge < -0.3 is 46.0 Å². The van der Waals surface area contributed by atoms with Crippen LogP contribution >= 0.6 is 23.1 Å². The maximum atomic E-state index is 14.9. The average molecular weight is 1260 g/mol. The number of esters is 1. The summed E-state index contributed by atoms with van der Waals surface area (Å²) in [4.78, 5) is 152. The molecule has 0 bridgehead atoms. The van der Waals surface area contributed by atoms with Gasteiger partial charge in [0, 0.05) is 107 Å². The van der Waals surface area contributed by atoms with Gasteiger partial charge in [-0.05, 0) is 81.8 Å². The lowest BCUT2D eigenvalue weighted by atomic mass is 9.92. The van der Waals surface area contributed by atoms with E-state index in [9.17, 15) is 47.9 Å². The molecule has 9 atom stereocenters. The van der Waals surface area contributed by atoms with Gasteiger partial charge in [-0.15, -0.1) is 23.1 Å². The van der Waals surface area contributed by atoms with Crippen molar-refractivity contribution in [2.24, 2.45) is 23.5 Å². The molecule has 0 radical (unpaired) electrons. The molecule has 2 aliphatic heterocycles. The number of carbonyl (C=O) groups is 10. The van der Waals surface area contributed by atoms with Crippen LogP contribution < -0.4 is 21.7 Å². The zero-order valence-corrected chi connectivity index (χ0v) is 54.7. The number of nitrogens with one attached hydrogen (secondary N) is 3. The topological polar surface area (TPSA) is 274 Å². The van der Waals surface area contributed by atoms with E-state index in [4.69, 9.17) is 15.5 Å². The highest BCUT2D eigenvalue weighted by atomic mass is 32.2. The molecule has 0 saturated carbocycles. The van der Waals surface area contributed by atoms with Crippen molar-refractivity contribution in [1.82, 2.24) is 50.3 Å². The Hall–Kier alpha value is -7.02. The molecule has 0 spiro atoms. The summed E-state index contributed by atoms with van der Waals surface area (Å²) in [7, 11) is 6.86. The molecule has 0 aliphatic carbocycles. The molecule has 482 valence electrons. The molecular formula is C64H93N11O11S2. The maximum absolute atomic E-state index is 14.9. The lowest BCUT2D eigenvalue weighted by Crippen LogP contribution is -2.59. The molecule has 5 N–H and O–H groups in total. The van der Waals surface area contributed by atoms with Gasteiger partial charge >= 0.3 is 5.97 Å². The quantitative estimate of drug-likeness (QED) is 0.0263. The maximum Gasteiger partial charge on any atom is 0.303 e. The Balaban J connectivity index is 1.36. The van der Waals surface area contributed by atoms with Crippen LogP contribution in [0, 0.1) is 17.8 Å². The number of unbranched alkanes of at least 4 members (excludes halogenated alkanes) is 1. The second-order valence-corrected chi connectivity index (χ2v) is 25.4. The predicted molar refractivity (Wildman–Crippen MR) is 339 cm³/mol. The average Bonchev–Trinajstić information content (AvgIpc) is 4.17. The summed E-state index contributed by atoms with van der Waals surface area (Å²) in [6.07, 6.45) is 4.57. The number of thiazole rings is 1. The van der Waals surface area contributed by atoms with Crippen molar-refractivity contribution in [3.05, 3.63) is 94.5 Å². The van der Waals surface area contributed by atoms with Crippen LogP contribution in [0.15, 0.2) is 83.1 Å². The van der Waals surface area contributed by atoms with E-state index in [1.165, 1.54) is 48.2 Å². The molecule has 88 heavy (non-hydrogen) atoms. The third-order valence-electron chi connectivity index (χ3n) is 16.5. The molecule has 9 amide bonds. The summed E-state index contributed by atoms with van der Waals surface area (Å²) >= 11 is 2.43. The molecule has 5 rings (SSSR count). The van der Waals surface area contributed by atoms with Crippen LogP contribution in [0.1, 0.15) is 127 Å². The van der Waals surface area contributed by atoms with E-state index in [0.29, 0.717) is 37.2 Å². The summed E-state index contributed by atoms with van der Waals surface area (Å²) in [5.41, 5.74) is 6.66. The van der Waals surface area contributed by atoms with E-state index in [1.54, 1.807) is 21.7 Å². The zero-order valence-electron chi connectivity index (χ0n) is 53.1. The number of amides is 9. The number of imide groups is 1. The Bertz CT molecular complexity index is 2850. The molecule has 22 nitrogen and oxygen atoms in total. The Labute approximate surface area is 527 Å². The SMILES string of the molecule is CCC(C)[C@H](C(=O)N[C@H](C(=O)N(C)[C@H](C[C@@H](OC(C)=O)c1nc(C(=O)N(C)[C@@H](CSc2ccccc2)C(=O)N[C@H](CCCCN)C(=O)N[C@@H](Cc2ccccc2)C(=O)N2CCN(C(=O)CCCN3C(=O)C=CC3=O)CC2)cs1)C(C)C)[C@@H](C)CC)N(C)C. The highest BCUT2D eigenvalue weighted by molar-refractivity contribution is 7.99. The van der Waals surface area contributed by atoms with Crippen LogP contribution in [-0.4, -0.2) is 203 Å². The fourth-order valence-corrected chi connectivity index (χ4v) is 12.8. The first-order valence-corrected chi connectivity index (χ1v) is 32.5. The summed E-state index contributed by atoms with van der Waals surface area (Å²) < 4.78 is 5.92. The number of hydrogen-bond donors (Lipinski definition) is 4. The number of nitrogens with two attached hydrogens (primary N) is 1. The van der Waals surface area contributed by atoms with Crippen LogP contribution in [0.2, 0.25) is 0 Å². The van der Waals surface area contributed by atoms with Crippen molar-refractivity contribution in [2.45, 2.75) is 154 Å². The third kappa shape index (κ3) is 20.5. The van der Waals surface area contributed by atoms with Gasteiger partial charge in [-0.25, -0.2) is 4.98 Å². The fraction of sp³-hybridized carbons (Fsp3) is 0.578. The summed E-state index contributed by atoms with van der Waals surface area (Å²) in [5, 5.41) is 10.8. The number of aromatic nitrogens is 1. The minimum absolute atomic E-state index is 0.0284. The summed E-state index contributed by atoms with van der Waals surface area (Å²) in [5.74, 6) is -4.66. The normalized spacial score (nSPS) is 16.5. The van der Waals surface area contributed by atoms with Crippen molar-refractivity contribution in [2.75, 3.05) is 73.2 Å². The van der Waals surface area contributed by atoms with Crippen molar-refractivity contribution in [3.8, 4) is 0 Å². The van der Waals surface area contributed by atoms with Crippen LogP contribution in [0.25, 0.3) is 0 Å². The second kappa shape index (κ2) is 35.2. The number of piperazine rings is 1. The number of nitrogens with zero attached hydrogens (tertiary/aromatic N) is 7. The Kier molecular flexibility index (Phi) is 28.7. The molecule has 1 unspecified atom stereocenters. The van der Waals surface area contributed by atoms with Gasteiger partial charge in [-0.3, -0.25) is 57.7 Å². The standard InChI is InChI=1S/C64H93N11O11S2/c1-12-42(5)56(69-60(82)57(70(8)9)43(6)13-2)64(85)71(10)50(41(3)4)38-52(86-44(7)76)61-68-49(39-88-61)62(83)72(11)51(40-87-46-25-18-15-19-26-46)59(81)66-47(27-20-21-31-65)58(80)67-48(37-45-23-16-14-17-24-45)63(84)74-35-33-73(34-36-74)53(77)28-22-32-75-54(78)29-30-55(75)79/h14-19,23-26,29-30,39,41-43,47-48,50-52,56-57H,12-13,20-22,27-28,31-38,40,65H2,1-11H3,(H,66,81)(H,67,80)(H,69,82)/t42-,43?,47+,48-,50+,51-,52+,56-,57+/m0/s1. The van der Waals surface area contributed by atoms with E-state index in [2.05, 4.69) is 16.0 Å². The minimum Gasteiger partial charge on any atom is -0.455 e. The smallest absolute Gasteiger partial charge is 0.303 e. The first-order valence-electron chi connectivity index (χ1n) is 30.7. The van der Waals surface area contributed by atoms with Gasteiger partial charge in [0.05, 0.1) is 6.04 Å². The molecule has 1 saturated heterocycles. The molecule has 3 heterocycles. The number of thioether (sulfide) groups is 1. The van der Waals surface area contributed by atoms with Gasteiger partial charge in [0.2, 0.25) is 35.4 Å². The number of carbonyl (C=O) groups excluding carboxylic acids is 10. The van der Waals surface area contributed by atoms with Crippen LogP contribution in [0.4, 0.5) is 0 Å². The summed E-state index contributed by atoms with van der Waals surface area (Å²) in [6.45, 7) is 14.4. The van der Waals surface area contributed by atoms with E-state index in [-0.39, 0.29) is 111 Å². The molecule has 1 aromatic heterocycles. The second-order valence-electron chi connectivity index (χ2n) is 23.5. The highest BCUT2D eigenvalue weighted by Crippen LogP contribution is 2.32. The van der Waals surface area contributed by atoms with E-state index < -0.39 is 77.9 Å². The van der Waals surface area contributed by atoms with Gasteiger partial charge in [0.15, 0.2) is 6.10 Å². The van der Waals surface area contributed by atoms with Crippen LogP contribution in [-0.2, 0) is 54.3 Å². The van der Waals surface area contributed by atoms with Crippen molar-refractivity contribution in [1.29, 1.82) is 0 Å². The number of ether oxygens (including phenoxy) is 1. The molecule has 2 aliphatic rings. The van der Waals surface area contributed by atoms with Gasteiger partial charge in [0.1, 0.15) is 34.9 Å². The Morgan fingerprint density at radius 1 is 0.739 bits per heavy atom. The van der Waals surface area contributed by atoms with Gasteiger partial charge in [0.25, 0.3) is 17.7 Å². The van der Waals surface area contributed by atoms with Crippen molar-refractivity contribution >= 4 is 82.2 Å². The van der Waals surface area contributed by atoms with Gasteiger partial charge in [-0.1, -0.05) is 103 Å². The highest BCUT2D eigenvalue weighted by Gasteiger charge is 2.40. The Morgan fingerprint density at radius 2 is 1.34 bits per heavy atom. The third-order valence-corrected chi connectivity index (χ3v) is 18.5. The van der Waals surface area contributed by atoms with E-state index in [0.717, 1.165) is 33.1 Å². The number of hydrogen-bond acceptors (Lipinski definition) is 16. The first-order chi connectivity index (χ1) is 41.9. The lowest BCUT2D eigenvalue weighted by molar-refractivity contribution is -0.149. The fourth-order valence-electron chi connectivity index (χ4n) is 10.9. The van der Waals surface area contributed by atoms with E-state index in [1.807, 2.05) is 121 Å². The molecule has 24 heteroatoms. The summed E-state index contributed by atoms with van der Waals surface area (Å²) in [6, 6.07) is 13.3. The molecule has 1 fully saturated rings. The molecular weight excluding hydrogens is 1160 g/mol. The first kappa shape index (κ1) is 71.7. The predicted octanol–water partition coefficient (Wildman–Crippen LogP) is 5.08. The van der Waals surface area contributed by atoms with Crippen molar-refractivity contribution in [3.63, 3.8) is 0 Å². The van der Waals surface area contributed by atoms with Crippen molar-refractivity contribution < 1.29 is 52.7 Å². The largest absolute Gasteiger partial charge is 0.455 e. The Morgan fingerprint density at radius 3 is 1.92 bits per heavy atom. The number of benzene rings is 2. The van der Waals surface area contributed by atoms with Gasteiger partial charge in [-0.2, -0.15) is 0 Å². The number of rotatable bonds is 34. The number of likely N-dealkylation sites (N-methyl/N-ethyl adjacent to an activating group) is 3. The monoisotopic (exact) mass is 1260 g/mol. The zero-order chi connectivity index (χ0) is 64.8. The molecule has 2 aromatic carbocycles. The van der Waals surface area contributed by atoms with Crippen LogP contribution in [0.3, 0.4) is 0 Å².